The quantitative estimate of drug-likeness (QED) is 0.666. The van der Waals surface area contributed by atoms with Crippen molar-refractivity contribution < 1.29 is 4.79 Å². The van der Waals surface area contributed by atoms with Crippen molar-refractivity contribution in [3.8, 4) is 0 Å². The zero-order chi connectivity index (χ0) is 11.8. The van der Waals surface area contributed by atoms with Crippen LogP contribution in [0.25, 0.3) is 0 Å². The Morgan fingerprint density at radius 3 is 2.88 bits per heavy atom. The summed E-state index contributed by atoms with van der Waals surface area (Å²) in [6.45, 7) is 6.85. The molecule has 0 spiro atoms. The summed E-state index contributed by atoms with van der Waals surface area (Å²) in [5.41, 5.74) is 0. The highest BCUT2D eigenvalue weighted by Gasteiger charge is 2.23. The van der Waals surface area contributed by atoms with E-state index in [-0.39, 0.29) is 6.03 Å². The summed E-state index contributed by atoms with van der Waals surface area (Å²) in [5, 5.41) is 9.25. The molecule has 4 nitrogen and oxygen atoms in total. The van der Waals surface area contributed by atoms with Crippen molar-refractivity contribution in [3.05, 3.63) is 0 Å². The van der Waals surface area contributed by atoms with Crippen LogP contribution in [-0.4, -0.2) is 31.7 Å². The minimum Gasteiger partial charge on any atom is -0.338 e. The fourth-order valence-electron chi connectivity index (χ4n) is 2.25. The van der Waals surface area contributed by atoms with Crippen LogP contribution in [0.15, 0.2) is 0 Å². The van der Waals surface area contributed by atoms with E-state index in [0.29, 0.717) is 12.0 Å². The Morgan fingerprint density at radius 1 is 1.38 bits per heavy atom. The first-order valence-electron chi connectivity index (χ1n) is 6.53. The molecule has 2 amide bonds. The molecule has 0 radical (unpaired) electrons. The fourth-order valence-corrected chi connectivity index (χ4v) is 2.25. The van der Waals surface area contributed by atoms with E-state index in [0.717, 1.165) is 26.1 Å². The number of rotatable bonds is 5. The monoisotopic (exact) mass is 227 g/mol. The van der Waals surface area contributed by atoms with Crippen LogP contribution < -0.4 is 16.0 Å². The molecule has 3 N–H and O–H groups in total. The first-order valence-corrected chi connectivity index (χ1v) is 6.53. The minimum atomic E-state index is -0.0379. The van der Waals surface area contributed by atoms with Gasteiger partial charge in [-0.3, -0.25) is 0 Å². The average molecular weight is 227 g/mol. The van der Waals surface area contributed by atoms with E-state index in [1.54, 1.807) is 0 Å². The number of piperidine rings is 1. The second kappa shape index (κ2) is 7.49. The van der Waals surface area contributed by atoms with Gasteiger partial charge in [-0.1, -0.05) is 20.3 Å². The molecule has 16 heavy (non-hydrogen) atoms. The number of nitrogens with one attached hydrogen (secondary N) is 3. The Morgan fingerprint density at radius 2 is 2.19 bits per heavy atom. The molecule has 4 heteroatoms. The van der Waals surface area contributed by atoms with Crippen LogP contribution in [0.1, 0.15) is 39.5 Å². The summed E-state index contributed by atoms with van der Waals surface area (Å²) in [5.74, 6) is 0.709. The van der Waals surface area contributed by atoms with Crippen LogP contribution in [-0.2, 0) is 0 Å². The lowest BCUT2D eigenvalue weighted by atomic mass is 9.89. The van der Waals surface area contributed by atoms with E-state index in [1.807, 2.05) is 0 Å². The normalized spacial score (nSPS) is 25.1. The molecule has 0 bridgehead atoms. The predicted octanol–water partition coefficient (Wildman–Crippen LogP) is 1.47. The molecule has 1 aliphatic rings. The second-order valence-corrected chi connectivity index (χ2v) is 4.51. The first-order chi connectivity index (χ1) is 7.77. The molecule has 0 aromatic carbocycles. The van der Waals surface area contributed by atoms with E-state index in [2.05, 4.69) is 29.8 Å². The van der Waals surface area contributed by atoms with Crippen molar-refractivity contribution in [3.63, 3.8) is 0 Å². The van der Waals surface area contributed by atoms with Gasteiger partial charge >= 0.3 is 6.03 Å². The van der Waals surface area contributed by atoms with Crippen LogP contribution in [0.5, 0.6) is 0 Å². The lowest BCUT2D eigenvalue weighted by Crippen LogP contribution is -2.50. The fraction of sp³-hybridized carbons (Fsp3) is 0.917. The Kier molecular flexibility index (Phi) is 6.23. The number of urea groups is 1. The smallest absolute Gasteiger partial charge is 0.314 e. The highest BCUT2D eigenvalue weighted by Crippen LogP contribution is 2.18. The zero-order valence-electron chi connectivity index (χ0n) is 10.5. The van der Waals surface area contributed by atoms with Crippen molar-refractivity contribution >= 4 is 6.03 Å². The maximum atomic E-state index is 11.4. The summed E-state index contributed by atoms with van der Waals surface area (Å²) in [6.07, 6.45) is 4.71. The average Bonchev–Trinajstić information content (AvgIpc) is 2.34. The largest absolute Gasteiger partial charge is 0.338 e. The highest BCUT2D eigenvalue weighted by molar-refractivity contribution is 5.73. The molecule has 1 aliphatic heterocycles. The summed E-state index contributed by atoms with van der Waals surface area (Å²) in [7, 11) is 0. The van der Waals surface area contributed by atoms with E-state index >= 15 is 0 Å². The van der Waals surface area contributed by atoms with Crippen molar-refractivity contribution in [2.75, 3.05) is 19.6 Å². The molecule has 1 fully saturated rings. The molecule has 1 saturated heterocycles. The van der Waals surface area contributed by atoms with E-state index in [9.17, 15) is 4.79 Å². The lowest BCUT2D eigenvalue weighted by molar-refractivity contribution is 0.230. The van der Waals surface area contributed by atoms with Crippen molar-refractivity contribution in [1.82, 2.24) is 16.0 Å². The Balaban J connectivity index is 2.21. The number of carbonyl (C=O) groups is 1. The molecule has 0 aliphatic carbocycles. The molecule has 0 aromatic heterocycles. The molecule has 0 saturated carbocycles. The van der Waals surface area contributed by atoms with Gasteiger partial charge in [0.1, 0.15) is 0 Å². The van der Waals surface area contributed by atoms with Gasteiger partial charge in [-0.2, -0.15) is 0 Å². The molecule has 1 rings (SSSR count). The molecular formula is C12H25N3O. The molecular weight excluding hydrogens is 202 g/mol. The van der Waals surface area contributed by atoms with E-state index in [4.69, 9.17) is 0 Å². The standard InChI is InChI=1S/C12H25N3O/c1-3-7-14-12(16)15-9-11-10(4-2)6-5-8-13-11/h10-11,13H,3-9H2,1-2H3,(H2,14,15,16). The van der Waals surface area contributed by atoms with Gasteiger partial charge in [-0.05, 0) is 31.7 Å². The second-order valence-electron chi connectivity index (χ2n) is 4.51. The van der Waals surface area contributed by atoms with Gasteiger partial charge < -0.3 is 16.0 Å². The Hall–Kier alpha value is -0.770. The minimum absolute atomic E-state index is 0.0379. The number of hydrogen-bond donors (Lipinski definition) is 3. The van der Waals surface area contributed by atoms with Gasteiger partial charge in [-0.15, -0.1) is 0 Å². The summed E-state index contributed by atoms with van der Waals surface area (Å²) in [6, 6.07) is 0.412. The third-order valence-corrected chi connectivity index (χ3v) is 3.27. The van der Waals surface area contributed by atoms with Gasteiger partial charge in [0.15, 0.2) is 0 Å². The lowest BCUT2D eigenvalue weighted by Gasteiger charge is -2.32. The van der Waals surface area contributed by atoms with Gasteiger partial charge in [0.25, 0.3) is 0 Å². The highest BCUT2D eigenvalue weighted by atomic mass is 16.2. The number of amides is 2. The summed E-state index contributed by atoms with van der Waals surface area (Å²) in [4.78, 5) is 11.4. The van der Waals surface area contributed by atoms with Gasteiger partial charge in [0.2, 0.25) is 0 Å². The van der Waals surface area contributed by atoms with E-state index in [1.165, 1.54) is 19.3 Å². The van der Waals surface area contributed by atoms with E-state index < -0.39 is 0 Å². The topological polar surface area (TPSA) is 53.2 Å². The maximum Gasteiger partial charge on any atom is 0.314 e. The Labute approximate surface area is 98.6 Å². The Bertz CT molecular complexity index is 208. The van der Waals surface area contributed by atoms with Crippen molar-refractivity contribution in [1.29, 1.82) is 0 Å². The van der Waals surface area contributed by atoms with Crippen molar-refractivity contribution in [2.45, 2.75) is 45.6 Å². The molecule has 1 heterocycles. The van der Waals surface area contributed by atoms with Crippen LogP contribution in [0.4, 0.5) is 4.79 Å². The first kappa shape index (κ1) is 13.3. The summed E-state index contributed by atoms with van der Waals surface area (Å²) >= 11 is 0. The van der Waals surface area contributed by atoms with Crippen LogP contribution in [0, 0.1) is 5.92 Å². The van der Waals surface area contributed by atoms with Gasteiger partial charge in [-0.25, -0.2) is 4.79 Å². The van der Waals surface area contributed by atoms with Crippen LogP contribution in [0.3, 0.4) is 0 Å². The maximum absolute atomic E-state index is 11.4. The van der Waals surface area contributed by atoms with Crippen molar-refractivity contribution in [2.24, 2.45) is 5.92 Å². The molecule has 2 atom stereocenters. The zero-order valence-corrected chi connectivity index (χ0v) is 10.5. The third-order valence-electron chi connectivity index (χ3n) is 3.27. The molecule has 2 unspecified atom stereocenters. The summed E-state index contributed by atoms with van der Waals surface area (Å²) < 4.78 is 0. The molecule has 94 valence electrons. The predicted molar refractivity (Wildman–Crippen MR) is 66.5 cm³/mol. The SMILES string of the molecule is CCCNC(=O)NCC1NCCCC1CC. The van der Waals surface area contributed by atoms with Gasteiger partial charge in [0.05, 0.1) is 0 Å². The third kappa shape index (κ3) is 4.39. The number of carbonyl (C=O) groups excluding carboxylic acids is 1. The van der Waals surface area contributed by atoms with Gasteiger partial charge in [0, 0.05) is 19.1 Å². The van der Waals surface area contributed by atoms with Crippen LogP contribution in [0.2, 0.25) is 0 Å². The van der Waals surface area contributed by atoms with Crippen LogP contribution >= 0.6 is 0 Å². The molecule has 0 aromatic rings. The number of hydrogen-bond acceptors (Lipinski definition) is 2.